The summed E-state index contributed by atoms with van der Waals surface area (Å²) in [5.74, 6) is 0.594. The molecular formula is C16H25ClN2O. The van der Waals surface area contributed by atoms with Crippen molar-refractivity contribution in [2.75, 3.05) is 7.05 Å². The lowest BCUT2D eigenvalue weighted by atomic mass is 9.99. The van der Waals surface area contributed by atoms with Gasteiger partial charge >= 0.3 is 0 Å². The van der Waals surface area contributed by atoms with Gasteiger partial charge in [0, 0.05) is 26.1 Å². The maximum Gasteiger partial charge on any atom is 0.222 e. The highest BCUT2D eigenvalue weighted by Gasteiger charge is 2.27. The van der Waals surface area contributed by atoms with Crippen molar-refractivity contribution in [3.8, 4) is 0 Å². The highest BCUT2D eigenvalue weighted by Crippen LogP contribution is 2.27. The molecule has 0 unspecified atom stereocenters. The van der Waals surface area contributed by atoms with E-state index < -0.39 is 0 Å². The normalized spacial score (nSPS) is 21.4. The summed E-state index contributed by atoms with van der Waals surface area (Å²) in [5.41, 5.74) is 8.45. The molecule has 1 aliphatic rings. The first-order valence-electron chi connectivity index (χ1n) is 7.11. The van der Waals surface area contributed by atoms with Gasteiger partial charge in [0.15, 0.2) is 0 Å². The molecule has 2 N–H and O–H groups in total. The van der Waals surface area contributed by atoms with E-state index in [2.05, 4.69) is 25.1 Å². The molecule has 3 nitrogen and oxygen atoms in total. The molecule has 1 amide bonds. The number of nitrogens with two attached hydrogens (primary N) is 1. The van der Waals surface area contributed by atoms with Crippen LogP contribution in [0.25, 0.3) is 0 Å². The van der Waals surface area contributed by atoms with Gasteiger partial charge in [0.05, 0.1) is 0 Å². The van der Waals surface area contributed by atoms with Crippen LogP contribution in [0.3, 0.4) is 0 Å². The van der Waals surface area contributed by atoms with Crippen LogP contribution < -0.4 is 5.73 Å². The zero-order chi connectivity index (χ0) is 13.8. The molecule has 0 aliphatic heterocycles. The quantitative estimate of drug-likeness (QED) is 0.928. The summed E-state index contributed by atoms with van der Waals surface area (Å²) in [7, 11) is 1.88. The van der Waals surface area contributed by atoms with Crippen molar-refractivity contribution in [3.63, 3.8) is 0 Å². The predicted octanol–water partition coefficient (Wildman–Crippen LogP) is 2.89. The number of amides is 1. The van der Waals surface area contributed by atoms with Crippen molar-refractivity contribution in [1.29, 1.82) is 0 Å². The van der Waals surface area contributed by atoms with Gasteiger partial charge in [0.25, 0.3) is 0 Å². The maximum atomic E-state index is 12.2. The molecular weight excluding hydrogens is 272 g/mol. The molecule has 2 atom stereocenters. The van der Waals surface area contributed by atoms with Crippen molar-refractivity contribution in [1.82, 2.24) is 4.90 Å². The summed E-state index contributed by atoms with van der Waals surface area (Å²) in [6.45, 7) is 2.76. The van der Waals surface area contributed by atoms with E-state index in [-0.39, 0.29) is 24.4 Å². The molecule has 1 aliphatic carbocycles. The summed E-state index contributed by atoms with van der Waals surface area (Å²) < 4.78 is 0. The monoisotopic (exact) mass is 296 g/mol. The van der Waals surface area contributed by atoms with Crippen LogP contribution in [-0.2, 0) is 11.3 Å². The van der Waals surface area contributed by atoms with Crippen molar-refractivity contribution >= 4 is 18.3 Å². The van der Waals surface area contributed by atoms with E-state index in [4.69, 9.17) is 5.73 Å². The van der Waals surface area contributed by atoms with Crippen LogP contribution in [0.2, 0.25) is 0 Å². The Hall–Kier alpha value is -1.06. The van der Waals surface area contributed by atoms with E-state index in [1.165, 1.54) is 17.5 Å². The Bertz CT molecular complexity index is 450. The molecule has 112 valence electrons. The second kappa shape index (κ2) is 7.65. The number of aryl methyl sites for hydroxylation is 1. The van der Waals surface area contributed by atoms with Crippen LogP contribution in [0.1, 0.15) is 36.8 Å². The van der Waals surface area contributed by atoms with Gasteiger partial charge in [-0.3, -0.25) is 4.79 Å². The standard InChI is InChI=1S/C16H24N2O.ClH/c1-12-5-3-6-13(9-12)11-18(2)16(19)10-14-7-4-8-15(14)17;/h3,5-6,9,14-15H,4,7-8,10-11,17H2,1-2H3;1H/t14-,15+;/m0./s1. The highest BCUT2D eigenvalue weighted by atomic mass is 35.5. The molecule has 2 rings (SSSR count). The number of carbonyl (C=O) groups excluding carboxylic acids is 1. The van der Waals surface area contributed by atoms with Crippen LogP contribution >= 0.6 is 12.4 Å². The van der Waals surface area contributed by atoms with Gasteiger partial charge in [-0.15, -0.1) is 12.4 Å². The van der Waals surface area contributed by atoms with E-state index >= 15 is 0 Å². The summed E-state index contributed by atoms with van der Waals surface area (Å²) in [6, 6.07) is 8.53. The fraction of sp³-hybridized carbons (Fsp3) is 0.562. The number of carbonyl (C=O) groups is 1. The molecule has 0 bridgehead atoms. The van der Waals surface area contributed by atoms with Crippen LogP contribution in [0, 0.1) is 12.8 Å². The molecule has 0 radical (unpaired) electrons. The number of hydrogen-bond acceptors (Lipinski definition) is 2. The van der Waals surface area contributed by atoms with Gasteiger partial charge in [-0.1, -0.05) is 36.2 Å². The zero-order valence-corrected chi connectivity index (χ0v) is 13.2. The molecule has 1 fully saturated rings. The minimum Gasteiger partial charge on any atom is -0.341 e. The minimum absolute atomic E-state index is 0. The number of halogens is 1. The highest BCUT2D eigenvalue weighted by molar-refractivity contribution is 5.85. The van der Waals surface area contributed by atoms with Gasteiger partial charge in [-0.05, 0) is 31.2 Å². The zero-order valence-electron chi connectivity index (χ0n) is 12.3. The summed E-state index contributed by atoms with van der Waals surface area (Å²) >= 11 is 0. The largest absolute Gasteiger partial charge is 0.341 e. The van der Waals surface area contributed by atoms with Crippen molar-refractivity contribution in [3.05, 3.63) is 35.4 Å². The summed E-state index contributed by atoms with van der Waals surface area (Å²) in [5, 5.41) is 0. The van der Waals surface area contributed by atoms with Crippen LogP contribution in [0.5, 0.6) is 0 Å². The van der Waals surface area contributed by atoms with Crippen molar-refractivity contribution in [2.45, 2.75) is 45.2 Å². The molecule has 0 spiro atoms. The van der Waals surface area contributed by atoms with Crippen molar-refractivity contribution < 1.29 is 4.79 Å². The first kappa shape index (κ1) is 17.0. The second-order valence-electron chi connectivity index (χ2n) is 5.80. The average molecular weight is 297 g/mol. The van der Waals surface area contributed by atoms with Gasteiger partial charge < -0.3 is 10.6 Å². The third kappa shape index (κ3) is 4.50. The van der Waals surface area contributed by atoms with Gasteiger partial charge in [0.2, 0.25) is 5.91 Å². The number of benzene rings is 1. The smallest absolute Gasteiger partial charge is 0.222 e. The number of rotatable bonds is 4. The topological polar surface area (TPSA) is 46.3 Å². The van der Waals surface area contributed by atoms with Gasteiger partial charge in [-0.25, -0.2) is 0 Å². The molecule has 20 heavy (non-hydrogen) atoms. The fourth-order valence-corrected chi connectivity index (χ4v) is 2.87. The Kier molecular flexibility index (Phi) is 6.50. The van der Waals surface area contributed by atoms with E-state index in [1.807, 2.05) is 18.0 Å². The van der Waals surface area contributed by atoms with E-state index in [9.17, 15) is 4.79 Å². The summed E-state index contributed by atoms with van der Waals surface area (Å²) in [6.07, 6.45) is 3.94. The number of hydrogen-bond donors (Lipinski definition) is 1. The van der Waals surface area contributed by atoms with Crippen molar-refractivity contribution in [2.24, 2.45) is 11.7 Å². The van der Waals surface area contributed by atoms with Crippen LogP contribution in [0.15, 0.2) is 24.3 Å². The fourth-order valence-electron chi connectivity index (χ4n) is 2.87. The van der Waals surface area contributed by atoms with Gasteiger partial charge in [-0.2, -0.15) is 0 Å². The van der Waals surface area contributed by atoms with Gasteiger partial charge in [0.1, 0.15) is 0 Å². The van der Waals surface area contributed by atoms with E-state index in [0.29, 0.717) is 18.9 Å². The van der Waals surface area contributed by atoms with E-state index in [1.54, 1.807) is 0 Å². The second-order valence-corrected chi connectivity index (χ2v) is 5.80. The lowest BCUT2D eigenvalue weighted by Gasteiger charge is -2.21. The molecule has 1 aromatic rings. The lowest BCUT2D eigenvalue weighted by molar-refractivity contribution is -0.131. The molecule has 1 saturated carbocycles. The summed E-state index contributed by atoms with van der Waals surface area (Å²) in [4.78, 5) is 14.0. The molecule has 0 heterocycles. The Morgan fingerprint density at radius 2 is 2.15 bits per heavy atom. The Balaban J connectivity index is 0.00000200. The van der Waals surface area contributed by atoms with Crippen LogP contribution in [-0.4, -0.2) is 23.9 Å². The third-order valence-corrected chi connectivity index (χ3v) is 4.08. The number of nitrogens with zero attached hydrogens (tertiary/aromatic N) is 1. The van der Waals surface area contributed by atoms with E-state index in [0.717, 1.165) is 12.8 Å². The first-order chi connectivity index (χ1) is 9.06. The first-order valence-corrected chi connectivity index (χ1v) is 7.11. The molecule has 4 heteroatoms. The minimum atomic E-state index is 0. The molecule has 0 saturated heterocycles. The lowest BCUT2D eigenvalue weighted by Crippen LogP contribution is -2.32. The maximum absolute atomic E-state index is 12.2. The molecule has 0 aromatic heterocycles. The van der Waals surface area contributed by atoms with Crippen LogP contribution in [0.4, 0.5) is 0 Å². The Morgan fingerprint density at radius 1 is 1.40 bits per heavy atom. The average Bonchev–Trinajstić information content (AvgIpc) is 2.75. The molecule has 1 aromatic carbocycles. The predicted molar refractivity (Wildman–Crippen MR) is 84.8 cm³/mol. The Morgan fingerprint density at radius 3 is 2.75 bits per heavy atom. The Labute approximate surface area is 127 Å². The SMILES string of the molecule is Cc1cccc(CN(C)C(=O)C[C@@H]2CCC[C@H]2N)c1.Cl. The third-order valence-electron chi connectivity index (χ3n) is 4.08.